The second kappa shape index (κ2) is 10.3. The standard InChI is InChI=1S/C24H26N2O6S/c1-30-21-13-9-8-12-19(21)25-24(27)18-14-22(31-2)23(32-3)15-20(18)26(33(4,28)29)16-17-10-6-5-7-11-17/h5-15H,16H2,1-4H3,(H,25,27). The van der Waals surface area contributed by atoms with Gasteiger partial charge in [0, 0.05) is 6.07 Å². The van der Waals surface area contributed by atoms with Gasteiger partial charge >= 0.3 is 0 Å². The second-order valence-corrected chi connectivity index (χ2v) is 9.04. The summed E-state index contributed by atoms with van der Waals surface area (Å²) >= 11 is 0. The number of carbonyl (C=O) groups is 1. The largest absolute Gasteiger partial charge is 0.495 e. The molecule has 0 saturated carbocycles. The van der Waals surface area contributed by atoms with Crippen LogP contribution in [0.3, 0.4) is 0 Å². The lowest BCUT2D eigenvalue weighted by atomic mass is 10.1. The van der Waals surface area contributed by atoms with E-state index in [0.29, 0.717) is 22.9 Å². The molecule has 1 N–H and O–H groups in total. The van der Waals surface area contributed by atoms with Gasteiger partial charge in [-0.05, 0) is 23.8 Å². The van der Waals surface area contributed by atoms with Crippen LogP contribution < -0.4 is 23.8 Å². The lowest BCUT2D eigenvalue weighted by molar-refractivity contribution is 0.102. The fourth-order valence-electron chi connectivity index (χ4n) is 3.32. The van der Waals surface area contributed by atoms with Crippen LogP contribution in [0.4, 0.5) is 11.4 Å². The Hall–Kier alpha value is -3.72. The van der Waals surface area contributed by atoms with Gasteiger partial charge in [0.05, 0.1) is 51.1 Å². The smallest absolute Gasteiger partial charge is 0.258 e. The molecule has 3 aromatic carbocycles. The number of nitrogens with one attached hydrogen (secondary N) is 1. The van der Waals surface area contributed by atoms with Crippen molar-refractivity contribution in [3.8, 4) is 17.2 Å². The third-order valence-corrected chi connectivity index (χ3v) is 6.07. The van der Waals surface area contributed by atoms with Gasteiger partial charge < -0.3 is 19.5 Å². The van der Waals surface area contributed by atoms with Crippen LogP contribution in [-0.4, -0.2) is 41.9 Å². The monoisotopic (exact) mass is 470 g/mol. The van der Waals surface area contributed by atoms with E-state index in [2.05, 4.69) is 5.32 Å². The van der Waals surface area contributed by atoms with Crippen molar-refractivity contribution in [3.05, 3.63) is 77.9 Å². The molecule has 0 atom stereocenters. The summed E-state index contributed by atoms with van der Waals surface area (Å²) < 4.78 is 42.9. The SMILES string of the molecule is COc1ccccc1NC(=O)c1cc(OC)c(OC)cc1N(Cc1ccccc1)S(C)(=O)=O. The van der Waals surface area contributed by atoms with Crippen molar-refractivity contribution in [1.29, 1.82) is 0 Å². The summed E-state index contributed by atoms with van der Waals surface area (Å²) in [5, 5.41) is 2.80. The summed E-state index contributed by atoms with van der Waals surface area (Å²) in [6.07, 6.45) is 1.09. The molecule has 0 radical (unpaired) electrons. The molecule has 0 aromatic heterocycles. The molecule has 1 amide bonds. The third kappa shape index (κ3) is 5.56. The number of para-hydroxylation sites is 2. The molecule has 0 aliphatic rings. The first-order valence-electron chi connectivity index (χ1n) is 10.0. The van der Waals surface area contributed by atoms with Crippen molar-refractivity contribution >= 4 is 27.3 Å². The average molecular weight is 471 g/mol. The van der Waals surface area contributed by atoms with Crippen LogP contribution in [0.1, 0.15) is 15.9 Å². The van der Waals surface area contributed by atoms with Crippen LogP contribution >= 0.6 is 0 Å². The number of benzene rings is 3. The minimum absolute atomic E-state index is 0.0318. The number of ether oxygens (including phenoxy) is 3. The Kier molecular flexibility index (Phi) is 7.44. The van der Waals surface area contributed by atoms with Gasteiger partial charge in [-0.1, -0.05) is 42.5 Å². The predicted molar refractivity (Wildman–Crippen MR) is 128 cm³/mol. The van der Waals surface area contributed by atoms with Crippen LogP contribution in [0.25, 0.3) is 0 Å². The molecule has 0 fully saturated rings. The van der Waals surface area contributed by atoms with Gasteiger partial charge in [-0.3, -0.25) is 9.10 Å². The zero-order chi connectivity index (χ0) is 24.0. The van der Waals surface area contributed by atoms with Gasteiger partial charge in [0.2, 0.25) is 10.0 Å². The molecule has 9 heteroatoms. The van der Waals surface area contributed by atoms with E-state index in [1.165, 1.54) is 37.8 Å². The third-order valence-electron chi connectivity index (χ3n) is 4.94. The van der Waals surface area contributed by atoms with Crippen LogP contribution in [0, 0.1) is 0 Å². The highest BCUT2D eigenvalue weighted by Crippen LogP contribution is 2.37. The van der Waals surface area contributed by atoms with Crippen molar-refractivity contribution in [2.45, 2.75) is 6.54 Å². The fraction of sp³-hybridized carbons (Fsp3) is 0.208. The number of methoxy groups -OCH3 is 3. The topological polar surface area (TPSA) is 94.2 Å². The molecule has 3 aromatic rings. The Bertz CT molecular complexity index is 1230. The zero-order valence-corrected chi connectivity index (χ0v) is 19.7. The number of carbonyl (C=O) groups excluding carboxylic acids is 1. The molecule has 0 heterocycles. The normalized spacial score (nSPS) is 10.9. The van der Waals surface area contributed by atoms with E-state index in [1.807, 2.05) is 30.3 Å². The lowest BCUT2D eigenvalue weighted by Crippen LogP contribution is -2.31. The van der Waals surface area contributed by atoms with E-state index < -0.39 is 15.9 Å². The Morgan fingerprint density at radius 2 is 1.42 bits per heavy atom. The first-order chi connectivity index (χ1) is 15.8. The Balaban J connectivity index is 2.15. The summed E-state index contributed by atoms with van der Waals surface area (Å²) in [4.78, 5) is 13.4. The fourth-order valence-corrected chi connectivity index (χ4v) is 4.22. The molecule has 0 aliphatic carbocycles. The van der Waals surface area contributed by atoms with E-state index in [4.69, 9.17) is 14.2 Å². The van der Waals surface area contributed by atoms with Gasteiger partial charge in [0.1, 0.15) is 5.75 Å². The minimum Gasteiger partial charge on any atom is -0.495 e. The van der Waals surface area contributed by atoms with E-state index in [9.17, 15) is 13.2 Å². The Morgan fingerprint density at radius 3 is 2.03 bits per heavy atom. The summed E-state index contributed by atoms with van der Waals surface area (Å²) in [7, 11) is 0.613. The molecular formula is C24H26N2O6S. The number of nitrogens with zero attached hydrogens (tertiary/aromatic N) is 1. The molecule has 0 saturated heterocycles. The van der Waals surface area contributed by atoms with Gasteiger partial charge in [-0.25, -0.2) is 8.42 Å². The van der Waals surface area contributed by atoms with Crippen LogP contribution in [0.5, 0.6) is 17.2 Å². The molecule has 0 spiro atoms. The number of hydrogen-bond donors (Lipinski definition) is 1. The number of anilines is 2. The number of sulfonamides is 1. The van der Waals surface area contributed by atoms with Gasteiger partial charge in [0.15, 0.2) is 11.5 Å². The van der Waals surface area contributed by atoms with E-state index in [1.54, 1.807) is 24.3 Å². The highest BCUT2D eigenvalue weighted by atomic mass is 32.2. The zero-order valence-electron chi connectivity index (χ0n) is 18.9. The summed E-state index contributed by atoms with van der Waals surface area (Å²) in [6, 6.07) is 19.0. The van der Waals surface area contributed by atoms with Crippen molar-refractivity contribution in [2.24, 2.45) is 0 Å². The van der Waals surface area contributed by atoms with Gasteiger partial charge in [0.25, 0.3) is 5.91 Å². The maximum Gasteiger partial charge on any atom is 0.258 e. The molecule has 174 valence electrons. The van der Waals surface area contributed by atoms with E-state index in [0.717, 1.165) is 11.8 Å². The highest BCUT2D eigenvalue weighted by Gasteiger charge is 2.27. The number of amides is 1. The highest BCUT2D eigenvalue weighted by molar-refractivity contribution is 7.92. The van der Waals surface area contributed by atoms with Crippen molar-refractivity contribution < 1.29 is 27.4 Å². The molecule has 3 rings (SSSR count). The minimum atomic E-state index is -3.77. The first kappa shape index (κ1) is 23.9. The van der Waals surface area contributed by atoms with E-state index >= 15 is 0 Å². The maximum atomic E-state index is 13.4. The van der Waals surface area contributed by atoms with Crippen LogP contribution in [0.2, 0.25) is 0 Å². The number of hydrogen-bond acceptors (Lipinski definition) is 6. The molecule has 33 heavy (non-hydrogen) atoms. The first-order valence-corrected chi connectivity index (χ1v) is 11.8. The second-order valence-electron chi connectivity index (χ2n) is 7.13. The summed E-state index contributed by atoms with van der Waals surface area (Å²) in [6.45, 7) is 0.0318. The Morgan fingerprint density at radius 1 is 0.848 bits per heavy atom. The van der Waals surface area contributed by atoms with Gasteiger partial charge in [-0.2, -0.15) is 0 Å². The van der Waals surface area contributed by atoms with Crippen molar-refractivity contribution in [1.82, 2.24) is 0 Å². The molecule has 0 unspecified atom stereocenters. The van der Waals surface area contributed by atoms with Crippen LogP contribution in [0.15, 0.2) is 66.7 Å². The van der Waals surface area contributed by atoms with Crippen LogP contribution in [-0.2, 0) is 16.6 Å². The summed E-state index contributed by atoms with van der Waals surface area (Å²) in [5.41, 5.74) is 1.46. The van der Waals surface area contributed by atoms with E-state index in [-0.39, 0.29) is 17.8 Å². The molecule has 0 aliphatic heterocycles. The lowest BCUT2D eigenvalue weighted by Gasteiger charge is -2.26. The quantitative estimate of drug-likeness (QED) is 0.509. The predicted octanol–water partition coefficient (Wildman–Crippen LogP) is 3.93. The summed E-state index contributed by atoms with van der Waals surface area (Å²) in [5.74, 6) is 0.525. The van der Waals surface area contributed by atoms with Crippen molar-refractivity contribution in [2.75, 3.05) is 37.2 Å². The number of rotatable bonds is 9. The molecule has 8 nitrogen and oxygen atoms in total. The molecular weight excluding hydrogens is 444 g/mol. The van der Waals surface area contributed by atoms with Crippen molar-refractivity contribution in [3.63, 3.8) is 0 Å². The van der Waals surface area contributed by atoms with Gasteiger partial charge in [-0.15, -0.1) is 0 Å². The average Bonchev–Trinajstić information content (AvgIpc) is 2.82. The Labute approximate surface area is 193 Å². The molecule has 0 bridgehead atoms. The maximum absolute atomic E-state index is 13.4.